The maximum Gasteiger partial charge on any atom is 0.287 e. The van der Waals surface area contributed by atoms with Gasteiger partial charge in [-0.05, 0) is 48.9 Å². The van der Waals surface area contributed by atoms with Crippen molar-refractivity contribution in [3.8, 4) is 0 Å². The molecular weight excluding hydrogens is 250 g/mol. The van der Waals surface area contributed by atoms with Gasteiger partial charge in [0.2, 0.25) is 0 Å². The molecule has 1 aromatic rings. The molecule has 1 saturated carbocycles. The first-order valence-corrected chi connectivity index (χ1v) is 7.14. The number of rotatable bonds is 5. The molecule has 1 aliphatic rings. The predicted octanol–water partition coefficient (Wildman–Crippen LogP) is 4.02. The fraction of sp³-hybridized carbons (Fsp3) is 0.643. The Labute approximate surface area is 113 Å². The van der Waals surface area contributed by atoms with Crippen molar-refractivity contribution < 1.29 is 9.21 Å². The quantitative estimate of drug-likeness (QED) is 0.877. The van der Waals surface area contributed by atoms with Gasteiger partial charge in [0.1, 0.15) is 0 Å². The van der Waals surface area contributed by atoms with Crippen LogP contribution in [-0.2, 0) is 0 Å². The lowest BCUT2D eigenvalue weighted by Crippen LogP contribution is -2.37. The summed E-state index contributed by atoms with van der Waals surface area (Å²) in [7, 11) is 0. The van der Waals surface area contributed by atoms with Crippen LogP contribution < -0.4 is 5.32 Å². The minimum absolute atomic E-state index is 0.143. The van der Waals surface area contributed by atoms with Crippen LogP contribution in [0, 0.1) is 5.92 Å². The molecule has 1 aromatic heterocycles. The average molecular weight is 270 g/mol. The molecule has 3 nitrogen and oxygen atoms in total. The summed E-state index contributed by atoms with van der Waals surface area (Å²) in [5.74, 6) is 0.788. The Hall–Kier alpha value is -0.960. The highest BCUT2D eigenvalue weighted by Gasteiger charge is 2.28. The van der Waals surface area contributed by atoms with Crippen LogP contribution >= 0.6 is 11.6 Å². The third-order valence-electron chi connectivity index (χ3n) is 3.70. The van der Waals surface area contributed by atoms with E-state index < -0.39 is 0 Å². The predicted molar refractivity (Wildman–Crippen MR) is 71.8 cm³/mol. The molecule has 4 heteroatoms. The van der Waals surface area contributed by atoms with E-state index in [1.165, 1.54) is 32.1 Å². The third kappa shape index (κ3) is 3.29. The van der Waals surface area contributed by atoms with Crippen molar-refractivity contribution in [2.75, 3.05) is 0 Å². The van der Waals surface area contributed by atoms with Crippen LogP contribution in [0.1, 0.15) is 56.0 Å². The van der Waals surface area contributed by atoms with E-state index in [1.54, 1.807) is 12.1 Å². The highest BCUT2D eigenvalue weighted by Crippen LogP contribution is 2.30. The van der Waals surface area contributed by atoms with E-state index in [-0.39, 0.29) is 11.1 Å². The van der Waals surface area contributed by atoms with Crippen LogP contribution in [0.15, 0.2) is 16.5 Å². The molecule has 1 aliphatic carbocycles. The molecule has 2 rings (SSSR count). The largest absolute Gasteiger partial charge is 0.440 e. The van der Waals surface area contributed by atoms with Gasteiger partial charge >= 0.3 is 0 Å². The van der Waals surface area contributed by atoms with E-state index in [4.69, 9.17) is 16.0 Å². The SMILES string of the molecule is CCCCC1CCCC1NC(=O)c1ccc(Cl)o1. The van der Waals surface area contributed by atoms with Gasteiger partial charge in [-0.15, -0.1) is 0 Å². The summed E-state index contributed by atoms with van der Waals surface area (Å²) >= 11 is 5.67. The number of hydrogen-bond acceptors (Lipinski definition) is 2. The Morgan fingerprint density at radius 1 is 1.50 bits per heavy atom. The van der Waals surface area contributed by atoms with E-state index in [0.717, 1.165) is 6.42 Å². The van der Waals surface area contributed by atoms with Crippen molar-refractivity contribution in [2.24, 2.45) is 5.92 Å². The minimum atomic E-state index is -0.143. The lowest BCUT2D eigenvalue weighted by molar-refractivity contribution is 0.0898. The molecule has 0 aliphatic heterocycles. The number of hydrogen-bond donors (Lipinski definition) is 1. The highest BCUT2D eigenvalue weighted by atomic mass is 35.5. The lowest BCUT2D eigenvalue weighted by Gasteiger charge is -2.20. The number of unbranched alkanes of at least 4 members (excludes halogenated alkanes) is 1. The van der Waals surface area contributed by atoms with Crippen LogP contribution in [-0.4, -0.2) is 11.9 Å². The second-order valence-electron chi connectivity index (χ2n) is 5.02. The fourth-order valence-corrected chi connectivity index (χ4v) is 2.86. The molecule has 1 fully saturated rings. The zero-order valence-electron chi connectivity index (χ0n) is 10.7. The van der Waals surface area contributed by atoms with Crippen molar-refractivity contribution in [3.05, 3.63) is 23.1 Å². The first-order valence-electron chi connectivity index (χ1n) is 6.77. The van der Waals surface area contributed by atoms with E-state index in [1.807, 2.05) is 0 Å². The van der Waals surface area contributed by atoms with E-state index in [0.29, 0.717) is 17.7 Å². The topological polar surface area (TPSA) is 42.2 Å². The van der Waals surface area contributed by atoms with Gasteiger partial charge in [0.05, 0.1) is 0 Å². The first kappa shape index (κ1) is 13.5. The Bertz CT molecular complexity index is 402. The summed E-state index contributed by atoms with van der Waals surface area (Å²) in [6.07, 6.45) is 7.17. The van der Waals surface area contributed by atoms with Gasteiger partial charge in [0, 0.05) is 6.04 Å². The third-order valence-corrected chi connectivity index (χ3v) is 3.90. The van der Waals surface area contributed by atoms with Gasteiger partial charge in [-0.3, -0.25) is 4.79 Å². The fourth-order valence-electron chi connectivity index (χ4n) is 2.71. The molecule has 0 spiro atoms. The maximum atomic E-state index is 12.0. The number of furan rings is 1. The number of amides is 1. The molecule has 18 heavy (non-hydrogen) atoms. The Morgan fingerprint density at radius 3 is 3.00 bits per heavy atom. The number of halogens is 1. The van der Waals surface area contributed by atoms with Crippen molar-refractivity contribution in [3.63, 3.8) is 0 Å². The van der Waals surface area contributed by atoms with Crippen LogP contribution in [0.4, 0.5) is 0 Å². The zero-order chi connectivity index (χ0) is 13.0. The molecule has 0 saturated heterocycles. The number of carbonyl (C=O) groups excluding carboxylic acids is 1. The average Bonchev–Trinajstić information content (AvgIpc) is 2.96. The van der Waals surface area contributed by atoms with Crippen LogP contribution in [0.2, 0.25) is 5.22 Å². The molecule has 1 amide bonds. The summed E-state index contributed by atoms with van der Waals surface area (Å²) in [6, 6.07) is 3.51. The zero-order valence-corrected chi connectivity index (χ0v) is 11.5. The molecule has 2 unspecified atom stereocenters. The normalized spacial score (nSPS) is 23.2. The molecule has 2 atom stereocenters. The lowest BCUT2D eigenvalue weighted by atomic mass is 9.97. The van der Waals surface area contributed by atoms with Gasteiger partial charge in [-0.25, -0.2) is 0 Å². The maximum absolute atomic E-state index is 12.0. The van der Waals surface area contributed by atoms with Crippen molar-refractivity contribution in [1.29, 1.82) is 0 Å². The van der Waals surface area contributed by atoms with Gasteiger partial charge in [-0.1, -0.05) is 26.2 Å². The van der Waals surface area contributed by atoms with Crippen molar-refractivity contribution in [2.45, 2.75) is 51.5 Å². The summed E-state index contributed by atoms with van der Waals surface area (Å²) < 4.78 is 5.13. The van der Waals surface area contributed by atoms with Crippen LogP contribution in [0.25, 0.3) is 0 Å². The molecule has 0 aromatic carbocycles. The second-order valence-corrected chi connectivity index (χ2v) is 5.39. The smallest absolute Gasteiger partial charge is 0.287 e. The molecule has 100 valence electrons. The number of carbonyl (C=O) groups is 1. The highest BCUT2D eigenvalue weighted by molar-refractivity contribution is 6.29. The molecule has 0 bridgehead atoms. The summed E-state index contributed by atoms with van der Waals surface area (Å²) in [5.41, 5.74) is 0. The summed E-state index contributed by atoms with van der Waals surface area (Å²) in [4.78, 5) is 12.0. The van der Waals surface area contributed by atoms with E-state index in [2.05, 4.69) is 12.2 Å². The Kier molecular flexibility index (Phi) is 4.70. The molecule has 1 N–H and O–H groups in total. The number of nitrogens with one attached hydrogen (secondary N) is 1. The molecule has 0 radical (unpaired) electrons. The van der Waals surface area contributed by atoms with Gasteiger partial charge in [-0.2, -0.15) is 0 Å². The van der Waals surface area contributed by atoms with Crippen LogP contribution in [0.5, 0.6) is 0 Å². The van der Waals surface area contributed by atoms with E-state index in [9.17, 15) is 4.79 Å². The van der Waals surface area contributed by atoms with Crippen LogP contribution in [0.3, 0.4) is 0 Å². The van der Waals surface area contributed by atoms with E-state index >= 15 is 0 Å². The minimum Gasteiger partial charge on any atom is -0.440 e. The van der Waals surface area contributed by atoms with Gasteiger partial charge in [0.15, 0.2) is 11.0 Å². The second kappa shape index (κ2) is 6.28. The van der Waals surface area contributed by atoms with Gasteiger partial charge < -0.3 is 9.73 Å². The Balaban J connectivity index is 1.90. The van der Waals surface area contributed by atoms with Crippen molar-refractivity contribution in [1.82, 2.24) is 5.32 Å². The van der Waals surface area contributed by atoms with Crippen molar-refractivity contribution >= 4 is 17.5 Å². The summed E-state index contributed by atoms with van der Waals surface area (Å²) in [6.45, 7) is 2.20. The summed E-state index contributed by atoms with van der Waals surface area (Å²) in [5, 5.41) is 3.33. The standard InChI is InChI=1S/C14H20ClNO2/c1-2-3-5-10-6-4-7-11(10)16-14(17)12-8-9-13(15)18-12/h8-11H,2-7H2,1H3,(H,16,17). The monoisotopic (exact) mass is 269 g/mol. The molecule has 1 heterocycles. The first-order chi connectivity index (χ1) is 8.70. The molecular formula is C14H20ClNO2. The van der Waals surface area contributed by atoms with Gasteiger partial charge in [0.25, 0.3) is 5.91 Å². The Morgan fingerprint density at radius 2 is 2.33 bits per heavy atom.